The molecule has 1 fully saturated rings. The second-order valence-electron chi connectivity index (χ2n) is 6.51. The van der Waals surface area contributed by atoms with Gasteiger partial charge in [0.2, 0.25) is 0 Å². The van der Waals surface area contributed by atoms with Crippen LogP contribution in [0.15, 0.2) is 42.5 Å². The number of thiocarbonyl (C=S) groups is 1. The highest BCUT2D eigenvalue weighted by molar-refractivity contribution is 7.80. The van der Waals surface area contributed by atoms with Gasteiger partial charge in [-0.3, -0.25) is 0 Å². The van der Waals surface area contributed by atoms with E-state index in [2.05, 4.69) is 5.32 Å². The minimum atomic E-state index is -0.326. The molecular weight excluding hydrogens is 371 g/mol. The molecule has 0 bridgehead atoms. The second-order valence-corrected chi connectivity index (χ2v) is 7.31. The summed E-state index contributed by atoms with van der Waals surface area (Å²) in [4.78, 5) is 1.93. The van der Waals surface area contributed by atoms with Crippen LogP contribution < -0.4 is 5.32 Å². The molecule has 2 aromatic rings. The maximum atomic E-state index is 14.3. The van der Waals surface area contributed by atoms with E-state index in [1.807, 2.05) is 36.1 Å². The van der Waals surface area contributed by atoms with Gasteiger partial charge in [0.25, 0.3) is 0 Å². The minimum absolute atomic E-state index is 0.0957. The molecule has 0 saturated carbocycles. The fourth-order valence-electron chi connectivity index (χ4n) is 2.97. The predicted molar refractivity (Wildman–Crippen MR) is 108 cm³/mol. The Labute approximate surface area is 164 Å². The number of anilines is 1. The highest BCUT2D eigenvalue weighted by Crippen LogP contribution is 2.23. The minimum Gasteiger partial charge on any atom is -0.376 e. The number of aryl methyl sites for hydroxylation is 1. The van der Waals surface area contributed by atoms with E-state index in [0.29, 0.717) is 28.8 Å². The maximum absolute atomic E-state index is 14.3. The van der Waals surface area contributed by atoms with Crippen molar-refractivity contribution in [3.63, 3.8) is 0 Å². The number of halogens is 2. The summed E-state index contributed by atoms with van der Waals surface area (Å²) in [6.07, 6.45) is 2.12. The highest BCUT2D eigenvalue weighted by Gasteiger charge is 2.23. The number of nitrogens with zero attached hydrogens (tertiary/aromatic N) is 1. The van der Waals surface area contributed by atoms with Crippen LogP contribution in [0.1, 0.15) is 24.0 Å². The van der Waals surface area contributed by atoms with Crippen molar-refractivity contribution in [2.75, 3.05) is 18.5 Å². The molecule has 0 amide bonds. The third-order valence-corrected chi connectivity index (χ3v) is 5.16. The van der Waals surface area contributed by atoms with Gasteiger partial charge in [-0.1, -0.05) is 35.4 Å². The van der Waals surface area contributed by atoms with Crippen LogP contribution in [0.2, 0.25) is 5.02 Å². The van der Waals surface area contributed by atoms with Gasteiger partial charge in [0.05, 0.1) is 6.10 Å². The van der Waals surface area contributed by atoms with Gasteiger partial charge in [0.15, 0.2) is 5.11 Å². The van der Waals surface area contributed by atoms with E-state index in [4.69, 9.17) is 28.6 Å². The molecule has 1 N–H and O–H groups in total. The Morgan fingerprint density at radius 3 is 2.73 bits per heavy atom. The Hall–Kier alpha value is -1.69. The van der Waals surface area contributed by atoms with Crippen molar-refractivity contribution in [2.24, 2.45) is 0 Å². The average Bonchev–Trinajstić information content (AvgIpc) is 3.12. The van der Waals surface area contributed by atoms with Gasteiger partial charge in [-0.05, 0) is 56.2 Å². The van der Waals surface area contributed by atoms with Gasteiger partial charge < -0.3 is 15.0 Å². The maximum Gasteiger partial charge on any atom is 0.173 e. The monoisotopic (exact) mass is 392 g/mol. The van der Waals surface area contributed by atoms with Crippen LogP contribution in [-0.4, -0.2) is 29.3 Å². The second kappa shape index (κ2) is 8.80. The summed E-state index contributed by atoms with van der Waals surface area (Å²) in [6, 6.07) is 12.7. The molecule has 6 heteroatoms. The van der Waals surface area contributed by atoms with E-state index in [1.54, 1.807) is 12.1 Å². The summed E-state index contributed by atoms with van der Waals surface area (Å²) < 4.78 is 20.0. The zero-order chi connectivity index (χ0) is 18.5. The lowest BCUT2D eigenvalue weighted by molar-refractivity contribution is 0.0903. The fraction of sp³-hybridized carbons (Fsp3) is 0.350. The molecule has 1 heterocycles. The number of rotatable bonds is 5. The van der Waals surface area contributed by atoms with Gasteiger partial charge in [-0.15, -0.1) is 0 Å². The fourth-order valence-corrected chi connectivity index (χ4v) is 3.45. The van der Waals surface area contributed by atoms with Gasteiger partial charge >= 0.3 is 0 Å². The standard InChI is InChI=1S/C20H22ClFN2OS/c1-14-7-9-15(10-8-14)23-20(26)24(12-16-4-3-11-25-16)13-17-18(21)5-2-6-19(17)22/h2,5-10,16H,3-4,11-13H2,1H3,(H,23,26). The molecule has 1 unspecified atom stereocenters. The Morgan fingerprint density at radius 2 is 2.08 bits per heavy atom. The quantitative estimate of drug-likeness (QED) is 0.710. The molecule has 0 radical (unpaired) electrons. The van der Waals surface area contributed by atoms with Gasteiger partial charge in [0, 0.05) is 36.0 Å². The molecule has 0 aromatic heterocycles. The topological polar surface area (TPSA) is 24.5 Å². The van der Waals surface area contributed by atoms with E-state index in [9.17, 15) is 4.39 Å². The molecule has 1 aliphatic rings. The van der Waals surface area contributed by atoms with E-state index in [1.165, 1.54) is 11.6 Å². The van der Waals surface area contributed by atoms with Crippen molar-refractivity contribution in [1.82, 2.24) is 4.90 Å². The molecular formula is C20H22ClFN2OS. The van der Waals surface area contributed by atoms with Crippen molar-refractivity contribution in [3.05, 3.63) is 64.4 Å². The van der Waals surface area contributed by atoms with Gasteiger partial charge in [0.1, 0.15) is 5.82 Å². The van der Waals surface area contributed by atoms with Crippen molar-refractivity contribution in [3.8, 4) is 0 Å². The lowest BCUT2D eigenvalue weighted by atomic mass is 10.1. The Balaban J connectivity index is 1.77. The summed E-state index contributed by atoms with van der Waals surface area (Å²) in [5.74, 6) is -0.326. The molecule has 1 atom stereocenters. The Morgan fingerprint density at radius 1 is 1.31 bits per heavy atom. The molecule has 1 saturated heterocycles. The van der Waals surface area contributed by atoms with E-state index in [0.717, 1.165) is 25.1 Å². The van der Waals surface area contributed by atoms with E-state index >= 15 is 0 Å². The van der Waals surface area contributed by atoms with Gasteiger partial charge in [-0.2, -0.15) is 0 Å². The zero-order valence-corrected chi connectivity index (χ0v) is 16.2. The average molecular weight is 393 g/mol. The number of benzene rings is 2. The molecule has 26 heavy (non-hydrogen) atoms. The van der Waals surface area contributed by atoms with Crippen LogP contribution in [0.3, 0.4) is 0 Å². The van der Waals surface area contributed by atoms with Crippen LogP contribution in [0.25, 0.3) is 0 Å². The van der Waals surface area contributed by atoms with E-state index < -0.39 is 0 Å². The smallest absolute Gasteiger partial charge is 0.173 e. The SMILES string of the molecule is Cc1ccc(NC(=S)N(Cc2c(F)cccc2Cl)CC2CCCO2)cc1. The van der Waals surface area contributed by atoms with Crippen LogP contribution in [0.4, 0.5) is 10.1 Å². The number of hydrogen-bond donors (Lipinski definition) is 1. The van der Waals surface area contributed by atoms with Gasteiger partial charge in [-0.25, -0.2) is 4.39 Å². The first-order valence-corrected chi connectivity index (χ1v) is 9.48. The summed E-state index contributed by atoms with van der Waals surface area (Å²) in [5, 5.41) is 4.17. The van der Waals surface area contributed by atoms with Crippen LogP contribution >= 0.6 is 23.8 Å². The lowest BCUT2D eigenvalue weighted by Crippen LogP contribution is -2.39. The Bertz CT molecular complexity index is 743. The summed E-state index contributed by atoms with van der Waals surface area (Å²) in [5.41, 5.74) is 2.52. The molecule has 2 aromatic carbocycles. The summed E-state index contributed by atoms with van der Waals surface area (Å²) in [6.45, 7) is 3.69. The van der Waals surface area contributed by atoms with Crippen molar-refractivity contribution < 1.29 is 9.13 Å². The molecule has 138 valence electrons. The first-order valence-electron chi connectivity index (χ1n) is 8.70. The largest absolute Gasteiger partial charge is 0.376 e. The molecule has 3 nitrogen and oxygen atoms in total. The van der Waals surface area contributed by atoms with Crippen molar-refractivity contribution in [2.45, 2.75) is 32.4 Å². The molecule has 1 aliphatic heterocycles. The van der Waals surface area contributed by atoms with Crippen LogP contribution in [0.5, 0.6) is 0 Å². The summed E-state index contributed by atoms with van der Waals surface area (Å²) in [7, 11) is 0. The molecule has 0 aliphatic carbocycles. The van der Waals surface area contributed by atoms with Crippen LogP contribution in [0, 0.1) is 12.7 Å². The third kappa shape index (κ3) is 4.93. The summed E-state index contributed by atoms with van der Waals surface area (Å²) >= 11 is 11.8. The predicted octanol–water partition coefficient (Wildman–Crippen LogP) is 5.17. The van der Waals surface area contributed by atoms with Crippen molar-refractivity contribution >= 4 is 34.6 Å². The first kappa shape index (κ1) is 19.1. The number of nitrogens with one attached hydrogen (secondary N) is 1. The Kier molecular flexibility index (Phi) is 6.46. The normalized spacial score (nSPS) is 16.5. The lowest BCUT2D eigenvalue weighted by Gasteiger charge is -2.29. The first-order chi connectivity index (χ1) is 12.5. The third-order valence-electron chi connectivity index (χ3n) is 4.45. The zero-order valence-electron chi connectivity index (χ0n) is 14.7. The van der Waals surface area contributed by atoms with Crippen LogP contribution in [-0.2, 0) is 11.3 Å². The number of ether oxygens (including phenoxy) is 1. The van der Waals surface area contributed by atoms with Crippen molar-refractivity contribution in [1.29, 1.82) is 0 Å². The van der Waals surface area contributed by atoms with E-state index in [-0.39, 0.29) is 11.9 Å². The molecule has 3 rings (SSSR count). The molecule has 0 spiro atoms. The number of hydrogen-bond acceptors (Lipinski definition) is 2. The highest BCUT2D eigenvalue weighted by atomic mass is 35.5.